The lowest BCUT2D eigenvalue weighted by Gasteiger charge is -2.13. The average Bonchev–Trinajstić information content (AvgIpc) is 3.22. The van der Waals surface area contributed by atoms with Gasteiger partial charge in [-0.2, -0.15) is 0 Å². The second kappa shape index (κ2) is 10.4. The summed E-state index contributed by atoms with van der Waals surface area (Å²) in [4.78, 5) is 37.0. The van der Waals surface area contributed by atoms with Crippen molar-refractivity contribution in [2.24, 2.45) is 0 Å². The SMILES string of the molecule is O=C(OC/C(=C\CCC(=O)N1CCOC1=O)c1ccc(F)cc1)c1cccc(N[O-])c1. The minimum atomic E-state index is -0.656. The molecule has 162 valence electrons. The van der Waals surface area contributed by atoms with E-state index in [9.17, 15) is 24.0 Å². The van der Waals surface area contributed by atoms with Crippen molar-refractivity contribution in [3.63, 3.8) is 0 Å². The molecule has 8 nitrogen and oxygen atoms in total. The van der Waals surface area contributed by atoms with E-state index < -0.39 is 17.9 Å². The first-order chi connectivity index (χ1) is 15.0. The molecule has 1 fully saturated rings. The predicted octanol–water partition coefficient (Wildman–Crippen LogP) is 3.73. The van der Waals surface area contributed by atoms with Crippen molar-refractivity contribution in [2.75, 3.05) is 25.2 Å². The van der Waals surface area contributed by atoms with E-state index in [0.717, 1.165) is 4.90 Å². The van der Waals surface area contributed by atoms with Crippen molar-refractivity contribution < 1.29 is 28.2 Å². The number of halogens is 1. The Morgan fingerprint density at radius 3 is 2.65 bits per heavy atom. The zero-order chi connectivity index (χ0) is 22.2. The summed E-state index contributed by atoms with van der Waals surface area (Å²) in [6.45, 7) is 0.279. The monoisotopic (exact) mass is 427 g/mol. The van der Waals surface area contributed by atoms with E-state index in [0.29, 0.717) is 11.1 Å². The number of esters is 1. The van der Waals surface area contributed by atoms with Crippen LogP contribution in [-0.4, -0.2) is 42.6 Å². The first-order valence-corrected chi connectivity index (χ1v) is 9.55. The summed E-state index contributed by atoms with van der Waals surface area (Å²) < 4.78 is 23.4. The molecule has 0 atom stereocenters. The first-order valence-electron chi connectivity index (χ1n) is 9.55. The number of carbonyl (C=O) groups excluding carboxylic acids is 3. The van der Waals surface area contributed by atoms with E-state index in [-0.39, 0.29) is 49.8 Å². The zero-order valence-corrected chi connectivity index (χ0v) is 16.5. The number of amides is 2. The van der Waals surface area contributed by atoms with Crippen LogP contribution in [0.15, 0.2) is 54.6 Å². The highest BCUT2D eigenvalue weighted by molar-refractivity contribution is 5.93. The molecule has 0 bridgehead atoms. The molecule has 0 aliphatic carbocycles. The van der Waals surface area contributed by atoms with E-state index >= 15 is 0 Å². The summed E-state index contributed by atoms with van der Waals surface area (Å²) in [5.74, 6) is -1.41. The number of anilines is 1. The number of imide groups is 1. The molecule has 1 N–H and O–H groups in total. The normalized spacial score (nSPS) is 13.7. The van der Waals surface area contributed by atoms with Crippen LogP contribution in [0.1, 0.15) is 28.8 Å². The maximum absolute atomic E-state index is 13.3. The van der Waals surface area contributed by atoms with Gasteiger partial charge in [-0.1, -0.05) is 24.3 Å². The van der Waals surface area contributed by atoms with Gasteiger partial charge in [-0.3, -0.25) is 4.79 Å². The molecule has 1 aliphatic rings. The van der Waals surface area contributed by atoms with Gasteiger partial charge in [0.1, 0.15) is 19.0 Å². The molecular weight excluding hydrogens is 407 g/mol. The van der Waals surface area contributed by atoms with Crippen LogP contribution in [0, 0.1) is 11.0 Å². The molecule has 2 amide bonds. The van der Waals surface area contributed by atoms with Crippen molar-refractivity contribution in [3.05, 3.63) is 76.8 Å². The lowest BCUT2D eigenvalue weighted by atomic mass is 10.0. The second-order valence-electron chi connectivity index (χ2n) is 6.69. The fraction of sp³-hybridized carbons (Fsp3) is 0.227. The summed E-state index contributed by atoms with van der Waals surface area (Å²) in [6, 6.07) is 11.6. The highest BCUT2D eigenvalue weighted by Gasteiger charge is 2.27. The smallest absolute Gasteiger partial charge is 0.416 e. The Balaban J connectivity index is 1.68. The van der Waals surface area contributed by atoms with Crippen LogP contribution < -0.4 is 5.48 Å². The summed E-state index contributed by atoms with van der Waals surface area (Å²) in [7, 11) is 0. The van der Waals surface area contributed by atoms with Gasteiger partial charge in [0.05, 0.1) is 12.1 Å². The number of rotatable bonds is 8. The fourth-order valence-corrected chi connectivity index (χ4v) is 2.99. The van der Waals surface area contributed by atoms with Crippen molar-refractivity contribution in [3.8, 4) is 0 Å². The Kier molecular flexibility index (Phi) is 7.34. The number of allylic oxidation sites excluding steroid dienone is 1. The molecule has 2 aromatic carbocycles. The van der Waals surface area contributed by atoms with Crippen molar-refractivity contribution in [2.45, 2.75) is 12.8 Å². The number of carbonyl (C=O) groups is 3. The number of hydrogen-bond acceptors (Lipinski definition) is 7. The highest BCUT2D eigenvalue weighted by Crippen LogP contribution is 2.19. The molecule has 3 rings (SSSR count). The minimum absolute atomic E-state index is 0.0605. The van der Waals surface area contributed by atoms with Gasteiger partial charge >= 0.3 is 12.1 Å². The van der Waals surface area contributed by atoms with Gasteiger partial charge in [0, 0.05) is 12.1 Å². The molecule has 0 saturated carbocycles. The predicted molar refractivity (Wildman–Crippen MR) is 110 cm³/mol. The quantitative estimate of drug-likeness (QED) is 0.505. The van der Waals surface area contributed by atoms with Crippen LogP contribution in [0.25, 0.3) is 5.57 Å². The van der Waals surface area contributed by atoms with E-state index in [1.165, 1.54) is 42.5 Å². The van der Waals surface area contributed by atoms with Crippen LogP contribution in [-0.2, 0) is 14.3 Å². The number of nitrogens with zero attached hydrogens (tertiary/aromatic N) is 1. The van der Waals surface area contributed by atoms with Gasteiger partial charge < -0.3 is 20.2 Å². The number of hydrogen-bond donors (Lipinski definition) is 1. The van der Waals surface area contributed by atoms with E-state index in [4.69, 9.17) is 9.47 Å². The van der Waals surface area contributed by atoms with Gasteiger partial charge in [-0.25, -0.2) is 18.9 Å². The molecule has 31 heavy (non-hydrogen) atoms. The molecule has 1 heterocycles. The molecule has 2 aromatic rings. The standard InChI is InChI=1S/C22H20FN2O6/c23-18-9-7-15(8-10-18)17(4-2-6-20(26)25-11-12-30-22(25)28)14-31-21(27)16-3-1-5-19(13-16)24-29/h1,3-5,7-10,13,24H,2,6,11-12,14H2/q-1/b17-4+. The van der Waals surface area contributed by atoms with Gasteiger partial charge in [-0.05, 0) is 47.9 Å². The molecule has 9 heteroatoms. The van der Waals surface area contributed by atoms with Crippen LogP contribution in [0.3, 0.4) is 0 Å². The Labute approximate surface area is 177 Å². The number of nitrogens with one attached hydrogen (secondary N) is 1. The molecule has 0 unspecified atom stereocenters. The van der Waals surface area contributed by atoms with Gasteiger partial charge in [0.25, 0.3) is 0 Å². The number of cyclic esters (lactones) is 1. The fourth-order valence-electron chi connectivity index (χ4n) is 2.99. The van der Waals surface area contributed by atoms with E-state index in [1.54, 1.807) is 17.6 Å². The van der Waals surface area contributed by atoms with E-state index in [1.807, 2.05) is 0 Å². The average molecular weight is 427 g/mol. The van der Waals surface area contributed by atoms with Crippen LogP contribution in [0.4, 0.5) is 14.9 Å². The second-order valence-corrected chi connectivity index (χ2v) is 6.69. The third kappa shape index (κ3) is 5.89. The van der Waals surface area contributed by atoms with Gasteiger partial charge in [-0.15, -0.1) is 0 Å². The minimum Gasteiger partial charge on any atom is -0.761 e. The summed E-state index contributed by atoms with van der Waals surface area (Å²) in [6.07, 6.45) is 1.39. The Morgan fingerprint density at radius 1 is 1.19 bits per heavy atom. The lowest BCUT2D eigenvalue weighted by molar-refractivity contribution is -0.127. The first kappa shape index (κ1) is 22.0. The van der Waals surface area contributed by atoms with E-state index in [2.05, 4.69) is 0 Å². The Bertz CT molecular complexity index is 990. The largest absolute Gasteiger partial charge is 0.761 e. The Hall–Kier alpha value is -3.72. The third-order valence-corrected chi connectivity index (χ3v) is 4.60. The molecule has 0 aromatic heterocycles. The topological polar surface area (TPSA) is 108 Å². The summed E-state index contributed by atoms with van der Waals surface area (Å²) in [5.41, 5.74) is 3.33. The molecule has 1 aliphatic heterocycles. The molecule has 1 saturated heterocycles. The van der Waals surface area contributed by atoms with Crippen LogP contribution in [0.5, 0.6) is 0 Å². The van der Waals surface area contributed by atoms with Gasteiger partial charge in [0.15, 0.2) is 0 Å². The zero-order valence-electron chi connectivity index (χ0n) is 16.5. The molecule has 0 spiro atoms. The Morgan fingerprint density at radius 2 is 1.97 bits per heavy atom. The molecular formula is C22H20FN2O6-. The number of benzene rings is 2. The maximum atomic E-state index is 13.3. The van der Waals surface area contributed by atoms with Crippen LogP contribution >= 0.6 is 0 Å². The van der Waals surface area contributed by atoms with Crippen LogP contribution in [0.2, 0.25) is 0 Å². The number of ether oxygens (including phenoxy) is 2. The highest BCUT2D eigenvalue weighted by atomic mass is 19.1. The van der Waals surface area contributed by atoms with Crippen molar-refractivity contribution >= 4 is 29.2 Å². The van der Waals surface area contributed by atoms with Crippen molar-refractivity contribution in [1.82, 2.24) is 4.90 Å². The maximum Gasteiger partial charge on any atom is 0.416 e. The lowest BCUT2D eigenvalue weighted by Crippen LogP contribution is -2.31. The molecule has 0 radical (unpaired) electrons. The van der Waals surface area contributed by atoms with Crippen molar-refractivity contribution in [1.29, 1.82) is 0 Å². The summed E-state index contributed by atoms with van der Waals surface area (Å²) >= 11 is 0. The van der Waals surface area contributed by atoms with Gasteiger partial charge in [0.2, 0.25) is 5.91 Å². The third-order valence-electron chi connectivity index (χ3n) is 4.60. The summed E-state index contributed by atoms with van der Waals surface area (Å²) in [5, 5.41) is 10.8.